The largest absolute Gasteiger partial charge is 0.497 e. The number of rotatable bonds is 8. The Morgan fingerprint density at radius 2 is 1.88 bits per heavy atom. The van der Waals surface area contributed by atoms with Crippen LogP contribution in [0.25, 0.3) is 0 Å². The van der Waals surface area contributed by atoms with E-state index in [0.717, 1.165) is 0 Å². The number of likely N-dealkylation sites (N-methyl/N-ethyl adjacent to an activating group) is 1. The fraction of sp³-hybridized carbons (Fsp3) is 0.471. The zero-order valence-corrected chi connectivity index (χ0v) is 15.2. The van der Waals surface area contributed by atoms with Crippen molar-refractivity contribution in [1.82, 2.24) is 15.0 Å². The number of amides is 1. The second-order valence-electron chi connectivity index (χ2n) is 6.03. The van der Waals surface area contributed by atoms with Crippen molar-refractivity contribution >= 4 is 11.6 Å². The molecular formula is C17H24N4O4. The van der Waals surface area contributed by atoms with Crippen molar-refractivity contribution in [1.29, 1.82) is 0 Å². The highest BCUT2D eigenvalue weighted by Gasteiger charge is 2.14. The fourth-order valence-electron chi connectivity index (χ4n) is 2.19. The number of carbonyl (C=O) groups is 1. The Balaban J connectivity index is 1.92. The molecule has 1 heterocycles. The molecule has 136 valence electrons. The predicted octanol–water partition coefficient (Wildman–Crippen LogP) is 2.28. The number of anilines is 1. The zero-order chi connectivity index (χ0) is 18.4. The van der Waals surface area contributed by atoms with Crippen LogP contribution in [-0.4, -0.2) is 48.8 Å². The number of methoxy groups -OCH3 is 2. The second kappa shape index (κ2) is 8.48. The molecule has 0 spiro atoms. The molecule has 8 nitrogen and oxygen atoms in total. The number of aromatic nitrogens is 2. The number of hydrogen-bond donors (Lipinski definition) is 1. The number of hydrogen-bond acceptors (Lipinski definition) is 7. The normalized spacial score (nSPS) is 11.0. The molecule has 0 saturated heterocycles. The minimum Gasteiger partial charge on any atom is -0.497 e. The van der Waals surface area contributed by atoms with Crippen LogP contribution in [0, 0.1) is 0 Å². The van der Waals surface area contributed by atoms with Gasteiger partial charge >= 0.3 is 0 Å². The van der Waals surface area contributed by atoms with Gasteiger partial charge in [-0.15, -0.1) is 0 Å². The summed E-state index contributed by atoms with van der Waals surface area (Å²) >= 11 is 0. The molecule has 2 aromatic rings. The average molecular weight is 348 g/mol. The van der Waals surface area contributed by atoms with Gasteiger partial charge < -0.3 is 19.3 Å². The van der Waals surface area contributed by atoms with Crippen molar-refractivity contribution in [3.63, 3.8) is 0 Å². The summed E-state index contributed by atoms with van der Waals surface area (Å²) < 4.78 is 15.5. The summed E-state index contributed by atoms with van der Waals surface area (Å²) in [5, 5.41) is 6.75. The summed E-state index contributed by atoms with van der Waals surface area (Å²) in [5.74, 6) is 2.38. The number of nitrogens with one attached hydrogen (secondary N) is 1. The summed E-state index contributed by atoms with van der Waals surface area (Å²) in [6, 6.07) is 5.20. The Bertz CT molecular complexity index is 692. The van der Waals surface area contributed by atoms with E-state index >= 15 is 0 Å². The van der Waals surface area contributed by atoms with Crippen LogP contribution in [0.15, 0.2) is 22.7 Å². The SMILES string of the molecule is COc1cc(NC(=O)CN(C)Cc2noc(C(C)C)n2)cc(OC)c1. The smallest absolute Gasteiger partial charge is 0.238 e. The first-order valence-electron chi connectivity index (χ1n) is 7.95. The fourth-order valence-corrected chi connectivity index (χ4v) is 2.19. The van der Waals surface area contributed by atoms with Crippen molar-refractivity contribution < 1.29 is 18.8 Å². The molecule has 0 aliphatic heterocycles. The summed E-state index contributed by atoms with van der Waals surface area (Å²) in [4.78, 5) is 18.3. The van der Waals surface area contributed by atoms with Crippen LogP contribution in [0.3, 0.4) is 0 Å². The molecule has 1 aromatic carbocycles. The van der Waals surface area contributed by atoms with Gasteiger partial charge in [-0.1, -0.05) is 19.0 Å². The lowest BCUT2D eigenvalue weighted by molar-refractivity contribution is -0.117. The van der Waals surface area contributed by atoms with E-state index in [-0.39, 0.29) is 18.4 Å². The minimum atomic E-state index is -0.162. The topological polar surface area (TPSA) is 89.7 Å². The lowest BCUT2D eigenvalue weighted by Crippen LogP contribution is -2.30. The summed E-state index contributed by atoms with van der Waals surface area (Å²) in [5.41, 5.74) is 0.608. The van der Waals surface area contributed by atoms with Crippen LogP contribution < -0.4 is 14.8 Å². The van der Waals surface area contributed by atoms with E-state index in [0.29, 0.717) is 35.4 Å². The second-order valence-corrected chi connectivity index (χ2v) is 6.03. The highest BCUT2D eigenvalue weighted by molar-refractivity contribution is 5.92. The summed E-state index contributed by atoms with van der Waals surface area (Å²) in [6.45, 7) is 4.57. The highest BCUT2D eigenvalue weighted by Crippen LogP contribution is 2.25. The van der Waals surface area contributed by atoms with Crippen molar-refractivity contribution in [3.8, 4) is 11.5 Å². The molecule has 2 rings (SSSR count). The van der Waals surface area contributed by atoms with Gasteiger partial charge in [0.15, 0.2) is 5.82 Å². The van der Waals surface area contributed by atoms with Gasteiger partial charge in [-0.3, -0.25) is 9.69 Å². The van der Waals surface area contributed by atoms with Gasteiger partial charge in [0.1, 0.15) is 11.5 Å². The first-order chi connectivity index (χ1) is 11.9. The van der Waals surface area contributed by atoms with Crippen LogP contribution >= 0.6 is 0 Å². The maximum absolute atomic E-state index is 12.2. The average Bonchev–Trinajstić information content (AvgIpc) is 3.02. The Morgan fingerprint density at radius 1 is 1.24 bits per heavy atom. The van der Waals surface area contributed by atoms with Gasteiger partial charge in [0.2, 0.25) is 11.8 Å². The highest BCUT2D eigenvalue weighted by atomic mass is 16.5. The molecule has 0 radical (unpaired) electrons. The van der Waals surface area contributed by atoms with Crippen LogP contribution in [0.5, 0.6) is 11.5 Å². The molecule has 0 fully saturated rings. The van der Waals surface area contributed by atoms with Gasteiger partial charge in [-0.2, -0.15) is 4.98 Å². The van der Waals surface area contributed by atoms with Crippen molar-refractivity contribution in [2.24, 2.45) is 0 Å². The van der Waals surface area contributed by atoms with Crippen LogP contribution in [0.2, 0.25) is 0 Å². The van der Waals surface area contributed by atoms with Gasteiger partial charge in [0.05, 0.1) is 27.3 Å². The van der Waals surface area contributed by atoms with Crippen LogP contribution in [-0.2, 0) is 11.3 Å². The molecule has 0 saturated carbocycles. The molecule has 0 aliphatic rings. The zero-order valence-electron chi connectivity index (χ0n) is 15.2. The number of ether oxygens (including phenoxy) is 2. The van der Waals surface area contributed by atoms with Gasteiger partial charge in [-0.25, -0.2) is 0 Å². The quantitative estimate of drug-likeness (QED) is 0.782. The lowest BCUT2D eigenvalue weighted by Gasteiger charge is -2.15. The predicted molar refractivity (Wildman–Crippen MR) is 92.9 cm³/mol. The van der Waals surface area contributed by atoms with Crippen molar-refractivity contribution in [2.45, 2.75) is 26.3 Å². The summed E-state index contributed by atoms with van der Waals surface area (Å²) in [6.07, 6.45) is 0. The first-order valence-corrected chi connectivity index (χ1v) is 7.95. The maximum atomic E-state index is 12.2. The van der Waals surface area contributed by atoms with Crippen molar-refractivity contribution in [2.75, 3.05) is 33.1 Å². The monoisotopic (exact) mass is 348 g/mol. The van der Waals surface area contributed by atoms with E-state index in [1.165, 1.54) is 0 Å². The number of benzene rings is 1. The lowest BCUT2D eigenvalue weighted by atomic mass is 10.2. The Kier molecular flexibility index (Phi) is 6.35. The third kappa shape index (κ3) is 5.46. The molecule has 0 atom stereocenters. The van der Waals surface area contributed by atoms with E-state index in [1.807, 2.05) is 25.8 Å². The molecular weight excluding hydrogens is 324 g/mol. The van der Waals surface area contributed by atoms with Crippen molar-refractivity contribution in [3.05, 3.63) is 29.9 Å². The van der Waals surface area contributed by atoms with E-state index in [1.54, 1.807) is 32.4 Å². The van der Waals surface area contributed by atoms with E-state index in [4.69, 9.17) is 14.0 Å². The van der Waals surface area contributed by atoms with Crippen LogP contribution in [0.4, 0.5) is 5.69 Å². The van der Waals surface area contributed by atoms with Gasteiger partial charge in [0, 0.05) is 29.8 Å². The van der Waals surface area contributed by atoms with E-state index < -0.39 is 0 Å². The molecule has 8 heteroatoms. The van der Waals surface area contributed by atoms with Gasteiger partial charge in [0.25, 0.3) is 0 Å². The minimum absolute atomic E-state index is 0.162. The third-order valence-corrected chi connectivity index (χ3v) is 3.44. The number of carbonyl (C=O) groups excluding carboxylic acids is 1. The van der Waals surface area contributed by atoms with E-state index in [9.17, 15) is 4.79 Å². The maximum Gasteiger partial charge on any atom is 0.238 e. The van der Waals surface area contributed by atoms with Gasteiger partial charge in [-0.05, 0) is 7.05 Å². The molecule has 1 N–H and O–H groups in total. The molecule has 1 amide bonds. The molecule has 0 bridgehead atoms. The molecule has 0 unspecified atom stereocenters. The standard InChI is InChI=1S/C17H24N4O4/c1-11(2)17-19-15(20-25-17)9-21(3)10-16(22)18-12-6-13(23-4)8-14(7-12)24-5/h6-8,11H,9-10H2,1-5H3,(H,18,22). The van der Waals surface area contributed by atoms with E-state index in [2.05, 4.69) is 15.5 Å². The number of nitrogens with zero attached hydrogens (tertiary/aromatic N) is 3. The summed E-state index contributed by atoms with van der Waals surface area (Å²) in [7, 11) is 4.94. The van der Waals surface area contributed by atoms with Crippen LogP contribution in [0.1, 0.15) is 31.5 Å². The third-order valence-electron chi connectivity index (χ3n) is 3.44. The molecule has 25 heavy (non-hydrogen) atoms. The Hall–Kier alpha value is -2.61. The first kappa shape index (κ1) is 18.7. The molecule has 0 aliphatic carbocycles. The molecule has 1 aromatic heterocycles. The Morgan fingerprint density at radius 3 is 2.40 bits per heavy atom. The Labute approximate surface area is 147 Å².